The molecule has 80 valence electrons. The second kappa shape index (κ2) is 5.04. The van der Waals surface area contributed by atoms with E-state index in [1.54, 1.807) is 0 Å². The molecule has 0 N–H and O–H groups in total. The maximum Gasteiger partial charge on any atom is 0.249 e. The largest absolute Gasteiger partial charge is 0.493 e. The molecule has 0 aliphatic heterocycles. The third kappa shape index (κ3) is 2.64. The van der Waals surface area contributed by atoms with E-state index in [0.717, 1.165) is 16.9 Å². The second-order valence-corrected chi connectivity index (χ2v) is 3.82. The summed E-state index contributed by atoms with van der Waals surface area (Å²) in [4.78, 5) is 3.50. The van der Waals surface area contributed by atoms with E-state index in [-0.39, 0.29) is 6.04 Å². The van der Waals surface area contributed by atoms with Crippen LogP contribution in [-0.4, -0.2) is 6.61 Å². The molecule has 2 nitrogen and oxygen atoms in total. The lowest BCUT2D eigenvalue weighted by atomic mass is 10.0. The molecule has 0 fully saturated rings. The fourth-order valence-electron chi connectivity index (χ4n) is 1.48. The molecule has 0 bridgehead atoms. The minimum Gasteiger partial charge on any atom is -0.493 e. The van der Waals surface area contributed by atoms with Gasteiger partial charge in [-0.25, -0.2) is 6.57 Å². The first-order valence-electron chi connectivity index (χ1n) is 4.89. The van der Waals surface area contributed by atoms with E-state index in [0.29, 0.717) is 11.6 Å². The zero-order valence-electron chi connectivity index (χ0n) is 9.17. The number of benzene rings is 1. The molecule has 0 aromatic heterocycles. The Morgan fingerprint density at radius 1 is 1.53 bits per heavy atom. The van der Waals surface area contributed by atoms with Crippen LogP contribution in [0.15, 0.2) is 12.1 Å². The van der Waals surface area contributed by atoms with E-state index in [1.807, 2.05) is 32.9 Å². The third-order valence-electron chi connectivity index (χ3n) is 2.20. The van der Waals surface area contributed by atoms with Crippen molar-refractivity contribution in [3.63, 3.8) is 0 Å². The lowest BCUT2D eigenvalue weighted by Gasteiger charge is -2.13. The Hall–Kier alpha value is -1.20. The Kier molecular flexibility index (Phi) is 3.99. The van der Waals surface area contributed by atoms with Crippen LogP contribution >= 0.6 is 11.6 Å². The molecule has 0 aliphatic rings. The number of aryl methyl sites for hydroxylation is 1. The predicted octanol–water partition coefficient (Wildman–Crippen LogP) is 4.03. The summed E-state index contributed by atoms with van der Waals surface area (Å²) in [6.07, 6.45) is 0. The van der Waals surface area contributed by atoms with E-state index in [9.17, 15) is 0 Å². The summed E-state index contributed by atoms with van der Waals surface area (Å²) >= 11 is 5.96. The molecule has 0 spiro atoms. The average molecular weight is 224 g/mol. The zero-order chi connectivity index (χ0) is 11.4. The van der Waals surface area contributed by atoms with Crippen molar-refractivity contribution in [1.82, 2.24) is 0 Å². The highest BCUT2D eigenvalue weighted by Gasteiger charge is 2.18. The van der Waals surface area contributed by atoms with Crippen molar-refractivity contribution in [2.24, 2.45) is 0 Å². The topological polar surface area (TPSA) is 13.6 Å². The normalized spacial score (nSPS) is 11.9. The standard InChI is InChI=1S/C12H14ClNO/c1-5-15-12-8(2)6-10(13)7-11(12)9(3)14-4/h6-7,9H,5H2,1-3H3. The Bertz CT molecular complexity index is 395. The Balaban J connectivity index is 3.27. The summed E-state index contributed by atoms with van der Waals surface area (Å²) in [5, 5.41) is 0.654. The molecule has 0 amide bonds. The molecule has 1 rings (SSSR count). The number of nitrogens with zero attached hydrogens (tertiary/aromatic N) is 1. The van der Waals surface area contributed by atoms with E-state index >= 15 is 0 Å². The van der Waals surface area contributed by atoms with Crippen molar-refractivity contribution in [2.75, 3.05) is 6.61 Å². The minimum atomic E-state index is -0.219. The molecule has 1 unspecified atom stereocenters. The van der Waals surface area contributed by atoms with Gasteiger partial charge in [0.1, 0.15) is 5.75 Å². The van der Waals surface area contributed by atoms with Crippen LogP contribution in [0, 0.1) is 13.5 Å². The number of hydrogen-bond donors (Lipinski definition) is 0. The first kappa shape index (κ1) is 11.9. The van der Waals surface area contributed by atoms with Crippen LogP contribution in [-0.2, 0) is 0 Å². The Morgan fingerprint density at radius 2 is 2.20 bits per heavy atom. The fourth-order valence-corrected chi connectivity index (χ4v) is 1.76. The van der Waals surface area contributed by atoms with Crippen LogP contribution in [0.5, 0.6) is 5.75 Å². The average Bonchev–Trinajstić information content (AvgIpc) is 2.20. The summed E-state index contributed by atoms with van der Waals surface area (Å²) in [6.45, 7) is 13.4. The Morgan fingerprint density at radius 3 is 2.73 bits per heavy atom. The van der Waals surface area contributed by atoms with Crippen molar-refractivity contribution in [3.8, 4) is 5.75 Å². The molecular weight excluding hydrogens is 210 g/mol. The molecule has 1 atom stereocenters. The van der Waals surface area contributed by atoms with Gasteiger partial charge in [-0.3, -0.25) is 0 Å². The number of hydrogen-bond acceptors (Lipinski definition) is 1. The van der Waals surface area contributed by atoms with Crippen molar-refractivity contribution in [3.05, 3.63) is 39.7 Å². The molecule has 1 aromatic rings. The van der Waals surface area contributed by atoms with Gasteiger partial charge in [0, 0.05) is 11.9 Å². The summed E-state index contributed by atoms with van der Waals surface area (Å²) in [6, 6.07) is 3.44. The van der Waals surface area contributed by atoms with Gasteiger partial charge >= 0.3 is 0 Å². The van der Waals surface area contributed by atoms with Gasteiger partial charge in [0.2, 0.25) is 6.04 Å². The molecule has 0 radical (unpaired) electrons. The van der Waals surface area contributed by atoms with Gasteiger partial charge in [0.05, 0.1) is 12.2 Å². The van der Waals surface area contributed by atoms with E-state index in [1.165, 1.54) is 0 Å². The lowest BCUT2D eigenvalue weighted by Crippen LogP contribution is -2.00. The predicted molar refractivity (Wildman–Crippen MR) is 62.4 cm³/mol. The van der Waals surface area contributed by atoms with Gasteiger partial charge in [0.15, 0.2) is 0 Å². The molecule has 15 heavy (non-hydrogen) atoms. The Labute approximate surface area is 95.6 Å². The van der Waals surface area contributed by atoms with Crippen LogP contribution in [0.4, 0.5) is 0 Å². The van der Waals surface area contributed by atoms with Gasteiger partial charge in [-0.1, -0.05) is 11.6 Å². The van der Waals surface area contributed by atoms with Crippen LogP contribution < -0.4 is 4.74 Å². The molecule has 0 heterocycles. The van der Waals surface area contributed by atoms with Crippen LogP contribution in [0.1, 0.15) is 31.0 Å². The second-order valence-electron chi connectivity index (χ2n) is 3.38. The van der Waals surface area contributed by atoms with Crippen LogP contribution in [0.25, 0.3) is 4.85 Å². The summed E-state index contributed by atoms with van der Waals surface area (Å²) in [5.74, 6) is 0.797. The smallest absolute Gasteiger partial charge is 0.249 e. The molecule has 3 heteroatoms. The zero-order valence-corrected chi connectivity index (χ0v) is 9.93. The van der Waals surface area contributed by atoms with Gasteiger partial charge in [0.25, 0.3) is 0 Å². The van der Waals surface area contributed by atoms with Crippen LogP contribution in [0.3, 0.4) is 0 Å². The highest BCUT2D eigenvalue weighted by atomic mass is 35.5. The number of ether oxygens (including phenoxy) is 1. The third-order valence-corrected chi connectivity index (χ3v) is 2.42. The first-order valence-corrected chi connectivity index (χ1v) is 5.27. The highest BCUT2D eigenvalue weighted by molar-refractivity contribution is 6.30. The molecule has 0 aliphatic carbocycles. The van der Waals surface area contributed by atoms with Crippen molar-refractivity contribution < 1.29 is 4.74 Å². The maximum absolute atomic E-state index is 7.04. The van der Waals surface area contributed by atoms with Crippen molar-refractivity contribution >= 4 is 11.6 Å². The maximum atomic E-state index is 7.04. The van der Waals surface area contributed by atoms with Crippen LogP contribution in [0.2, 0.25) is 5.02 Å². The van der Waals surface area contributed by atoms with Gasteiger partial charge in [-0.2, -0.15) is 0 Å². The van der Waals surface area contributed by atoms with Crippen molar-refractivity contribution in [1.29, 1.82) is 0 Å². The first-order chi connectivity index (χ1) is 7.10. The van der Waals surface area contributed by atoms with Crippen molar-refractivity contribution in [2.45, 2.75) is 26.8 Å². The monoisotopic (exact) mass is 223 g/mol. The molecule has 1 aromatic carbocycles. The molecule has 0 saturated carbocycles. The van der Waals surface area contributed by atoms with E-state index in [2.05, 4.69) is 4.85 Å². The van der Waals surface area contributed by atoms with Gasteiger partial charge in [-0.15, -0.1) is 0 Å². The van der Waals surface area contributed by atoms with E-state index in [4.69, 9.17) is 22.9 Å². The summed E-state index contributed by atoms with van der Waals surface area (Å²) < 4.78 is 5.54. The summed E-state index contributed by atoms with van der Waals surface area (Å²) in [5.41, 5.74) is 1.85. The lowest BCUT2D eigenvalue weighted by molar-refractivity contribution is 0.333. The van der Waals surface area contributed by atoms with Gasteiger partial charge < -0.3 is 9.58 Å². The SMILES string of the molecule is [C-]#[N+]C(C)c1cc(Cl)cc(C)c1OCC. The van der Waals surface area contributed by atoms with Gasteiger partial charge in [-0.05, 0) is 31.5 Å². The highest BCUT2D eigenvalue weighted by Crippen LogP contribution is 2.33. The molecular formula is C12H14ClNO. The summed E-state index contributed by atoms with van der Waals surface area (Å²) in [7, 11) is 0. The quantitative estimate of drug-likeness (QED) is 0.706. The number of halogens is 1. The number of rotatable bonds is 3. The fraction of sp³-hybridized carbons (Fsp3) is 0.417. The minimum absolute atomic E-state index is 0.219. The molecule has 0 saturated heterocycles. The van der Waals surface area contributed by atoms with E-state index < -0.39 is 0 Å².